The standard InChI is InChI=1S/C13H14BrFO5S/c14-8-5-10(13(16)17)12(15)11(6-8)21(18,19)7-9-3-1-2-4-20-9/h5-6,9H,1-4,7H2,(H,16,17). The Balaban J connectivity index is 2.37. The van der Waals surface area contributed by atoms with E-state index in [-0.39, 0.29) is 10.2 Å². The monoisotopic (exact) mass is 380 g/mol. The molecule has 1 aliphatic heterocycles. The van der Waals surface area contributed by atoms with Crippen molar-refractivity contribution in [1.82, 2.24) is 0 Å². The van der Waals surface area contributed by atoms with Crippen molar-refractivity contribution in [2.45, 2.75) is 30.3 Å². The zero-order chi connectivity index (χ0) is 15.6. The molecule has 0 amide bonds. The van der Waals surface area contributed by atoms with Gasteiger partial charge in [-0.25, -0.2) is 17.6 Å². The molecule has 2 rings (SSSR count). The molecule has 1 fully saturated rings. The first kappa shape index (κ1) is 16.4. The van der Waals surface area contributed by atoms with E-state index in [1.54, 1.807) is 0 Å². The van der Waals surface area contributed by atoms with Crippen LogP contribution in [0.1, 0.15) is 29.6 Å². The minimum Gasteiger partial charge on any atom is -0.478 e. The van der Waals surface area contributed by atoms with Crippen LogP contribution in [0.2, 0.25) is 0 Å². The van der Waals surface area contributed by atoms with Crippen LogP contribution in [-0.4, -0.2) is 38.0 Å². The van der Waals surface area contributed by atoms with E-state index in [1.165, 1.54) is 0 Å². The number of carbonyl (C=O) groups is 1. The van der Waals surface area contributed by atoms with Gasteiger partial charge in [-0.2, -0.15) is 0 Å². The molecule has 0 bridgehead atoms. The van der Waals surface area contributed by atoms with Gasteiger partial charge in [-0.05, 0) is 31.4 Å². The number of ether oxygens (including phenoxy) is 1. The van der Waals surface area contributed by atoms with Crippen molar-refractivity contribution in [3.63, 3.8) is 0 Å². The summed E-state index contributed by atoms with van der Waals surface area (Å²) in [6.45, 7) is 0.488. The van der Waals surface area contributed by atoms with Gasteiger partial charge in [0.15, 0.2) is 15.7 Å². The van der Waals surface area contributed by atoms with Gasteiger partial charge in [-0.15, -0.1) is 0 Å². The first-order valence-corrected chi connectivity index (χ1v) is 8.82. The Morgan fingerprint density at radius 1 is 1.43 bits per heavy atom. The van der Waals surface area contributed by atoms with E-state index < -0.39 is 38.2 Å². The molecule has 1 unspecified atom stereocenters. The minimum absolute atomic E-state index is 0.199. The van der Waals surface area contributed by atoms with Crippen molar-refractivity contribution < 1.29 is 27.4 Å². The van der Waals surface area contributed by atoms with Crippen molar-refractivity contribution in [3.05, 3.63) is 28.0 Å². The summed E-state index contributed by atoms with van der Waals surface area (Å²) < 4.78 is 44.3. The highest BCUT2D eigenvalue weighted by Gasteiger charge is 2.29. The lowest BCUT2D eigenvalue weighted by Crippen LogP contribution is -2.28. The summed E-state index contributed by atoms with van der Waals surface area (Å²) in [6, 6.07) is 2.12. The van der Waals surface area contributed by atoms with E-state index in [2.05, 4.69) is 15.9 Å². The van der Waals surface area contributed by atoms with Crippen LogP contribution < -0.4 is 0 Å². The number of sulfone groups is 1. The Hall–Kier alpha value is -0.990. The largest absolute Gasteiger partial charge is 0.478 e. The van der Waals surface area contributed by atoms with Gasteiger partial charge in [0.2, 0.25) is 0 Å². The molecule has 0 aromatic heterocycles. The number of hydrogen-bond donors (Lipinski definition) is 1. The fourth-order valence-electron chi connectivity index (χ4n) is 2.22. The molecule has 0 radical (unpaired) electrons. The van der Waals surface area contributed by atoms with Crippen LogP contribution in [0, 0.1) is 5.82 Å². The molecule has 0 saturated carbocycles. The number of rotatable bonds is 4. The predicted molar refractivity (Wildman–Crippen MR) is 76.7 cm³/mol. The van der Waals surface area contributed by atoms with Crippen LogP contribution in [0.3, 0.4) is 0 Å². The molecule has 8 heteroatoms. The Labute approximate surface area is 130 Å². The Morgan fingerprint density at radius 2 is 2.14 bits per heavy atom. The van der Waals surface area contributed by atoms with Crippen molar-refractivity contribution in [2.24, 2.45) is 0 Å². The first-order valence-electron chi connectivity index (χ1n) is 6.38. The fraction of sp³-hybridized carbons (Fsp3) is 0.462. The van der Waals surface area contributed by atoms with E-state index in [0.717, 1.165) is 25.0 Å². The fourth-order valence-corrected chi connectivity index (χ4v) is 4.45. The highest BCUT2D eigenvalue weighted by atomic mass is 79.9. The van der Waals surface area contributed by atoms with Gasteiger partial charge in [0, 0.05) is 11.1 Å². The topological polar surface area (TPSA) is 80.7 Å². The molecule has 1 saturated heterocycles. The first-order chi connectivity index (χ1) is 9.81. The molecular formula is C13H14BrFO5S. The number of benzene rings is 1. The van der Waals surface area contributed by atoms with Crippen LogP contribution in [0.15, 0.2) is 21.5 Å². The second-order valence-corrected chi connectivity index (χ2v) is 7.76. The molecule has 1 aliphatic rings. The van der Waals surface area contributed by atoms with E-state index in [0.29, 0.717) is 13.0 Å². The third-order valence-electron chi connectivity index (χ3n) is 3.25. The summed E-state index contributed by atoms with van der Waals surface area (Å²) in [4.78, 5) is 10.4. The number of aromatic carboxylic acids is 1. The summed E-state index contributed by atoms with van der Waals surface area (Å²) >= 11 is 3.01. The molecule has 21 heavy (non-hydrogen) atoms. The predicted octanol–water partition coefficient (Wildman–Crippen LogP) is 2.63. The van der Waals surface area contributed by atoms with Gasteiger partial charge >= 0.3 is 5.97 Å². The smallest absolute Gasteiger partial charge is 0.338 e. The average Bonchev–Trinajstić information content (AvgIpc) is 2.41. The number of hydrogen-bond acceptors (Lipinski definition) is 4. The molecular weight excluding hydrogens is 367 g/mol. The van der Waals surface area contributed by atoms with Gasteiger partial charge in [0.25, 0.3) is 0 Å². The van der Waals surface area contributed by atoms with Crippen LogP contribution in [0.4, 0.5) is 4.39 Å². The maximum Gasteiger partial charge on any atom is 0.338 e. The molecule has 0 aliphatic carbocycles. The second kappa shape index (κ2) is 6.41. The van der Waals surface area contributed by atoms with Crippen LogP contribution in [0.25, 0.3) is 0 Å². The maximum absolute atomic E-state index is 14.1. The second-order valence-electron chi connectivity index (χ2n) is 4.84. The number of carboxylic acid groups (broad SMARTS) is 1. The molecule has 1 aromatic rings. The third-order valence-corrected chi connectivity index (χ3v) is 5.48. The molecule has 116 valence electrons. The van der Waals surface area contributed by atoms with E-state index in [4.69, 9.17) is 9.84 Å². The van der Waals surface area contributed by atoms with Gasteiger partial charge in [-0.1, -0.05) is 15.9 Å². The normalized spacial score (nSPS) is 19.4. The zero-order valence-electron chi connectivity index (χ0n) is 11.0. The van der Waals surface area contributed by atoms with Crippen LogP contribution in [0.5, 0.6) is 0 Å². The lowest BCUT2D eigenvalue weighted by molar-refractivity contribution is 0.0305. The van der Waals surface area contributed by atoms with Crippen molar-refractivity contribution in [3.8, 4) is 0 Å². The third kappa shape index (κ3) is 3.81. The molecule has 1 heterocycles. The van der Waals surface area contributed by atoms with Crippen molar-refractivity contribution >= 4 is 31.7 Å². The summed E-state index contributed by atoms with van der Waals surface area (Å²) in [6.07, 6.45) is 1.86. The summed E-state index contributed by atoms with van der Waals surface area (Å²) in [7, 11) is -3.96. The van der Waals surface area contributed by atoms with E-state index in [9.17, 15) is 17.6 Å². The zero-order valence-corrected chi connectivity index (χ0v) is 13.4. The van der Waals surface area contributed by atoms with E-state index >= 15 is 0 Å². The average molecular weight is 381 g/mol. The van der Waals surface area contributed by atoms with Gasteiger partial charge in [-0.3, -0.25) is 0 Å². The quantitative estimate of drug-likeness (QED) is 0.867. The number of halogens is 2. The minimum atomic E-state index is -3.96. The van der Waals surface area contributed by atoms with E-state index in [1.807, 2.05) is 0 Å². The Morgan fingerprint density at radius 3 is 2.71 bits per heavy atom. The molecule has 5 nitrogen and oxygen atoms in total. The summed E-state index contributed by atoms with van der Waals surface area (Å²) in [5.41, 5.74) is -0.674. The molecule has 1 atom stereocenters. The molecule has 0 spiro atoms. The van der Waals surface area contributed by atoms with Gasteiger partial charge in [0.1, 0.15) is 4.90 Å². The molecule has 1 aromatic carbocycles. The Bertz CT molecular complexity index is 653. The highest BCUT2D eigenvalue weighted by molar-refractivity contribution is 9.10. The molecule has 1 N–H and O–H groups in total. The van der Waals surface area contributed by atoms with Crippen LogP contribution in [-0.2, 0) is 14.6 Å². The summed E-state index contributed by atoms with van der Waals surface area (Å²) in [5, 5.41) is 8.92. The lowest BCUT2D eigenvalue weighted by atomic mass is 10.1. The lowest BCUT2D eigenvalue weighted by Gasteiger charge is -2.22. The highest BCUT2D eigenvalue weighted by Crippen LogP contribution is 2.27. The van der Waals surface area contributed by atoms with Crippen LogP contribution >= 0.6 is 15.9 Å². The van der Waals surface area contributed by atoms with Gasteiger partial charge < -0.3 is 9.84 Å². The Kier molecular flexibility index (Phi) is 5.00. The van der Waals surface area contributed by atoms with Gasteiger partial charge in [0.05, 0.1) is 17.4 Å². The summed E-state index contributed by atoms with van der Waals surface area (Å²) in [5.74, 6) is -3.10. The maximum atomic E-state index is 14.1. The van der Waals surface area contributed by atoms with Crippen molar-refractivity contribution in [1.29, 1.82) is 0 Å². The number of carboxylic acids is 1. The van der Waals surface area contributed by atoms with Crippen molar-refractivity contribution in [2.75, 3.05) is 12.4 Å². The SMILES string of the molecule is O=C(O)c1cc(Br)cc(S(=O)(=O)CC2CCCCO2)c1F.